The van der Waals surface area contributed by atoms with Gasteiger partial charge in [-0.15, -0.1) is 0 Å². The van der Waals surface area contributed by atoms with Crippen LogP contribution in [-0.2, 0) is 14.3 Å². The lowest BCUT2D eigenvalue weighted by Gasteiger charge is -2.33. The summed E-state index contributed by atoms with van der Waals surface area (Å²) < 4.78 is 11.1. The van der Waals surface area contributed by atoms with Gasteiger partial charge in [-0.25, -0.2) is 4.79 Å². The normalized spacial score (nSPS) is 21.2. The van der Waals surface area contributed by atoms with Crippen LogP contribution in [0.4, 0.5) is 4.79 Å². The van der Waals surface area contributed by atoms with Crippen LogP contribution in [-0.4, -0.2) is 52.6 Å². The predicted molar refractivity (Wildman–Crippen MR) is 101 cm³/mol. The first-order valence-corrected chi connectivity index (χ1v) is 9.65. The molecule has 3 amide bonds. The fourth-order valence-electron chi connectivity index (χ4n) is 3.34. The molecule has 1 aromatic heterocycles. The van der Waals surface area contributed by atoms with Crippen LogP contribution >= 0.6 is 0 Å². The zero-order valence-corrected chi connectivity index (χ0v) is 16.6. The van der Waals surface area contributed by atoms with Gasteiger partial charge in [0.2, 0.25) is 5.91 Å². The second kappa shape index (κ2) is 8.16. The number of carbonyl (C=O) groups is 3. The molecule has 2 aliphatic rings. The average molecular weight is 389 g/mol. The summed E-state index contributed by atoms with van der Waals surface area (Å²) >= 11 is 0. The first-order chi connectivity index (χ1) is 13.2. The van der Waals surface area contributed by atoms with E-state index in [1.165, 1.54) is 0 Å². The SMILES string of the molecule is CC(C)(C)OC(=O)N1CCC(c2ccc(OC3CCC(=O)NC3=O)cn2)CC1. The van der Waals surface area contributed by atoms with Gasteiger partial charge in [0, 0.05) is 37.5 Å². The lowest BCUT2D eigenvalue weighted by molar-refractivity contribution is -0.138. The first kappa shape index (κ1) is 20.1. The number of hydrogen-bond acceptors (Lipinski definition) is 6. The molecule has 2 saturated heterocycles. The molecular formula is C20H27N3O5. The van der Waals surface area contributed by atoms with E-state index < -0.39 is 17.6 Å². The van der Waals surface area contributed by atoms with Gasteiger partial charge in [0.05, 0.1) is 6.20 Å². The zero-order chi connectivity index (χ0) is 20.3. The summed E-state index contributed by atoms with van der Waals surface area (Å²) in [4.78, 5) is 41.3. The fourth-order valence-corrected chi connectivity index (χ4v) is 3.34. The summed E-state index contributed by atoms with van der Waals surface area (Å²) in [5.41, 5.74) is 0.452. The molecule has 1 aromatic rings. The van der Waals surface area contributed by atoms with Crippen LogP contribution in [0.2, 0.25) is 0 Å². The number of imide groups is 1. The summed E-state index contributed by atoms with van der Waals surface area (Å²) in [5.74, 6) is 0.0960. The number of pyridine rings is 1. The Morgan fingerprint density at radius 2 is 1.89 bits per heavy atom. The summed E-state index contributed by atoms with van der Waals surface area (Å²) in [6.07, 6.45) is 2.96. The van der Waals surface area contributed by atoms with E-state index in [0.717, 1.165) is 18.5 Å². The molecule has 8 heteroatoms. The number of rotatable bonds is 3. The first-order valence-electron chi connectivity index (χ1n) is 9.65. The smallest absolute Gasteiger partial charge is 0.410 e. The monoisotopic (exact) mass is 389 g/mol. The molecule has 3 heterocycles. The second-order valence-electron chi connectivity index (χ2n) is 8.22. The number of ether oxygens (including phenoxy) is 2. The molecule has 0 radical (unpaired) electrons. The summed E-state index contributed by atoms with van der Waals surface area (Å²) in [5, 5.41) is 2.27. The van der Waals surface area contributed by atoms with Crippen LogP contribution in [0.15, 0.2) is 18.3 Å². The lowest BCUT2D eigenvalue weighted by Crippen LogP contribution is -2.46. The minimum atomic E-state index is -0.664. The van der Waals surface area contributed by atoms with Gasteiger partial charge in [-0.1, -0.05) is 0 Å². The van der Waals surface area contributed by atoms with Crippen molar-refractivity contribution < 1.29 is 23.9 Å². The van der Waals surface area contributed by atoms with Crippen molar-refractivity contribution in [3.8, 4) is 5.75 Å². The molecule has 152 valence electrons. The van der Waals surface area contributed by atoms with Gasteiger partial charge in [-0.2, -0.15) is 0 Å². The van der Waals surface area contributed by atoms with Crippen molar-refractivity contribution in [1.29, 1.82) is 0 Å². The van der Waals surface area contributed by atoms with Gasteiger partial charge in [-0.3, -0.25) is 19.9 Å². The van der Waals surface area contributed by atoms with Gasteiger partial charge < -0.3 is 14.4 Å². The minimum absolute atomic E-state index is 0.267. The molecular weight excluding hydrogens is 362 g/mol. The summed E-state index contributed by atoms with van der Waals surface area (Å²) in [7, 11) is 0. The summed E-state index contributed by atoms with van der Waals surface area (Å²) in [6.45, 7) is 6.85. The Hall–Kier alpha value is -2.64. The number of aromatic nitrogens is 1. The third kappa shape index (κ3) is 5.21. The highest BCUT2D eigenvalue weighted by Gasteiger charge is 2.29. The summed E-state index contributed by atoms with van der Waals surface area (Å²) in [6, 6.07) is 3.70. The van der Waals surface area contributed by atoms with Gasteiger partial charge in [-0.05, 0) is 45.7 Å². The molecule has 0 aromatic carbocycles. The van der Waals surface area contributed by atoms with Crippen LogP contribution in [0.5, 0.6) is 5.75 Å². The Morgan fingerprint density at radius 3 is 2.46 bits per heavy atom. The van der Waals surface area contributed by atoms with Crippen LogP contribution in [0, 0.1) is 0 Å². The zero-order valence-electron chi connectivity index (χ0n) is 16.6. The Bertz CT molecular complexity index is 733. The van der Waals surface area contributed by atoms with E-state index in [0.29, 0.717) is 25.3 Å². The van der Waals surface area contributed by atoms with Crippen LogP contribution in [0.3, 0.4) is 0 Å². The highest BCUT2D eigenvalue weighted by atomic mass is 16.6. The van der Waals surface area contributed by atoms with Crippen LogP contribution in [0.25, 0.3) is 0 Å². The molecule has 2 aliphatic heterocycles. The topological polar surface area (TPSA) is 97.8 Å². The standard InChI is InChI=1S/C20H27N3O5/c1-20(2,3)28-19(26)23-10-8-13(9-11-23)15-5-4-14(12-21-15)27-16-6-7-17(24)22-18(16)25/h4-5,12-13,16H,6-11H2,1-3H3,(H,22,24,25). The van der Waals surface area contributed by atoms with Crippen LogP contribution in [0.1, 0.15) is 58.1 Å². The van der Waals surface area contributed by atoms with E-state index >= 15 is 0 Å². The van der Waals surface area contributed by atoms with Crippen molar-refractivity contribution >= 4 is 17.9 Å². The van der Waals surface area contributed by atoms with Crippen molar-refractivity contribution in [2.24, 2.45) is 0 Å². The maximum Gasteiger partial charge on any atom is 0.410 e. The van der Waals surface area contributed by atoms with Crippen molar-refractivity contribution in [3.05, 3.63) is 24.0 Å². The number of nitrogens with one attached hydrogen (secondary N) is 1. The van der Waals surface area contributed by atoms with Crippen LogP contribution < -0.4 is 10.1 Å². The molecule has 0 bridgehead atoms. The Labute approximate surface area is 164 Å². The third-order valence-corrected chi connectivity index (χ3v) is 4.79. The molecule has 0 spiro atoms. The molecule has 2 fully saturated rings. The largest absolute Gasteiger partial charge is 0.479 e. The van der Waals surface area contributed by atoms with Gasteiger partial charge >= 0.3 is 6.09 Å². The van der Waals surface area contributed by atoms with E-state index in [4.69, 9.17) is 9.47 Å². The van der Waals surface area contributed by atoms with Crippen molar-refractivity contribution in [1.82, 2.24) is 15.2 Å². The molecule has 3 rings (SSSR count). The molecule has 0 aliphatic carbocycles. The van der Waals surface area contributed by atoms with Gasteiger partial charge in [0.25, 0.3) is 5.91 Å². The van der Waals surface area contributed by atoms with Crippen molar-refractivity contribution in [2.45, 2.75) is 64.1 Å². The van der Waals surface area contributed by atoms with E-state index in [9.17, 15) is 14.4 Å². The average Bonchev–Trinajstić information content (AvgIpc) is 2.63. The number of carbonyl (C=O) groups excluding carboxylic acids is 3. The number of piperidine rings is 2. The van der Waals surface area contributed by atoms with Crippen molar-refractivity contribution in [2.75, 3.05) is 13.1 Å². The van der Waals surface area contributed by atoms with E-state index in [2.05, 4.69) is 10.3 Å². The Morgan fingerprint density at radius 1 is 1.18 bits per heavy atom. The molecule has 28 heavy (non-hydrogen) atoms. The molecule has 8 nitrogen and oxygen atoms in total. The molecule has 1 atom stereocenters. The maximum atomic E-state index is 12.2. The van der Waals surface area contributed by atoms with E-state index in [1.807, 2.05) is 26.8 Å². The maximum absolute atomic E-state index is 12.2. The number of hydrogen-bond donors (Lipinski definition) is 1. The predicted octanol–water partition coefficient (Wildman–Crippen LogP) is 2.38. The highest BCUT2D eigenvalue weighted by molar-refractivity contribution is 5.99. The lowest BCUT2D eigenvalue weighted by atomic mass is 9.93. The highest BCUT2D eigenvalue weighted by Crippen LogP contribution is 2.28. The third-order valence-electron chi connectivity index (χ3n) is 4.79. The van der Waals surface area contributed by atoms with Crippen molar-refractivity contribution in [3.63, 3.8) is 0 Å². The Balaban J connectivity index is 1.51. The second-order valence-corrected chi connectivity index (χ2v) is 8.22. The number of likely N-dealkylation sites (tertiary alicyclic amines) is 1. The number of nitrogens with zero attached hydrogens (tertiary/aromatic N) is 2. The molecule has 1 unspecified atom stereocenters. The van der Waals surface area contributed by atoms with Gasteiger partial charge in [0.15, 0.2) is 6.10 Å². The number of amides is 3. The minimum Gasteiger partial charge on any atom is -0.479 e. The van der Waals surface area contributed by atoms with E-state index in [-0.39, 0.29) is 24.3 Å². The molecule has 0 saturated carbocycles. The molecule has 1 N–H and O–H groups in total. The Kier molecular flexibility index (Phi) is 5.86. The van der Waals surface area contributed by atoms with Gasteiger partial charge in [0.1, 0.15) is 11.4 Å². The fraction of sp³-hybridized carbons (Fsp3) is 0.600. The quantitative estimate of drug-likeness (QED) is 0.797. The van der Waals surface area contributed by atoms with E-state index in [1.54, 1.807) is 17.2 Å².